The van der Waals surface area contributed by atoms with Gasteiger partial charge < -0.3 is 4.90 Å². The summed E-state index contributed by atoms with van der Waals surface area (Å²) in [5.74, 6) is 0. The van der Waals surface area contributed by atoms with Crippen LogP contribution in [0.5, 0.6) is 0 Å². The molecule has 1 heterocycles. The Morgan fingerprint density at radius 2 is 2.42 bits per heavy atom. The lowest BCUT2D eigenvalue weighted by molar-refractivity contribution is 0.426. The first-order valence-corrected chi connectivity index (χ1v) is 4.17. The topological polar surface area (TPSA) is 18.8 Å². The fraction of sp³-hybridized carbons (Fsp3) is 0.444. The molecule has 0 aromatic rings. The van der Waals surface area contributed by atoms with E-state index in [9.17, 15) is 0 Å². The van der Waals surface area contributed by atoms with Crippen molar-refractivity contribution in [1.29, 1.82) is 0 Å². The van der Waals surface area contributed by atoms with Gasteiger partial charge in [0.2, 0.25) is 0 Å². The lowest BCUT2D eigenvalue weighted by Gasteiger charge is -2.15. The number of hydrogen-bond acceptors (Lipinski definition) is 2. The molecular weight excluding hydrogens is 150 g/mol. The Balaban J connectivity index is 2.35. The largest absolute Gasteiger partial charge is 0.365 e. The maximum absolute atomic E-state index is 4.25. The van der Waals surface area contributed by atoms with Crippen LogP contribution in [0.15, 0.2) is 29.5 Å². The van der Waals surface area contributed by atoms with Gasteiger partial charge in [-0.2, -0.15) is 5.10 Å². The number of rotatable bonds is 3. The highest BCUT2D eigenvalue weighted by Gasteiger charge is 1.94. The first kappa shape index (κ1) is 8.84. The summed E-state index contributed by atoms with van der Waals surface area (Å²) in [6, 6.07) is 0. The zero-order valence-corrected chi connectivity index (χ0v) is 7.64. The highest BCUT2D eigenvalue weighted by atomic mass is 15.5. The van der Waals surface area contributed by atoms with Gasteiger partial charge in [-0.3, -0.25) is 5.01 Å². The van der Waals surface area contributed by atoms with Crippen LogP contribution in [0, 0.1) is 0 Å². The Kier molecular flexibility index (Phi) is 3.38. The van der Waals surface area contributed by atoms with Crippen LogP contribution in [0.3, 0.4) is 0 Å². The normalized spacial score (nSPS) is 16.0. The third-order valence-electron chi connectivity index (χ3n) is 1.69. The molecule has 3 heteroatoms. The molecule has 3 nitrogen and oxygen atoms in total. The van der Waals surface area contributed by atoms with Crippen molar-refractivity contribution >= 4 is 6.34 Å². The molecule has 1 rings (SSSR count). The van der Waals surface area contributed by atoms with Crippen LogP contribution >= 0.6 is 0 Å². The molecule has 1 aliphatic heterocycles. The predicted molar refractivity (Wildman–Crippen MR) is 51.8 cm³/mol. The monoisotopic (exact) mass is 165 g/mol. The molecular formula is C9H15N3. The number of nitrogens with zero attached hydrogens (tertiary/aromatic N) is 3. The van der Waals surface area contributed by atoms with E-state index in [0.29, 0.717) is 0 Å². The first-order valence-electron chi connectivity index (χ1n) is 4.17. The fourth-order valence-electron chi connectivity index (χ4n) is 0.779. The Labute approximate surface area is 73.7 Å². The maximum Gasteiger partial charge on any atom is 0.111 e. The van der Waals surface area contributed by atoms with Gasteiger partial charge in [0.05, 0.1) is 6.54 Å². The lowest BCUT2D eigenvalue weighted by Crippen LogP contribution is -2.19. The lowest BCUT2D eigenvalue weighted by atomic mass is 10.4. The van der Waals surface area contributed by atoms with Crippen molar-refractivity contribution in [3.8, 4) is 0 Å². The Hall–Kier alpha value is -1.25. The van der Waals surface area contributed by atoms with E-state index in [-0.39, 0.29) is 0 Å². The smallest absolute Gasteiger partial charge is 0.111 e. The Morgan fingerprint density at radius 3 is 3.00 bits per heavy atom. The summed E-state index contributed by atoms with van der Waals surface area (Å²) in [7, 11) is 2.01. The van der Waals surface area contributed by atoms with E-state index >= 15 is 0 Å². The third-order valence-corrected chi connectivity index (χ3v) is 1.69. The van der Waals surface area contributed by atoms with Crippen LogP contribution in [0.1, 0.15) is 6.92 Å². The van der Waals surface area contributed by atoms with Crippen molar-refractivity contribution in [3.05, 3.63) is 24.4 Å². The molecule has 66 valence electrons. The zero-order valence-electron chi connectivity index (χ0n) is 7.64. The van der Waals surface area contributed by atoms with Gasteiger partial charge >= 0.3 is 0 Å². The molecule has 1 aliphatic rings. The molecule has 0 aromatic heterocycles. The number of hydrogen-bond donors (Lipinski definition) is 0. The minimum absolute atomic E-state index is 0.866. The van der Waals surface area contributed by atoms with Gasteiger partial charge in [0.1, 0.15) is 6.34 Å². The van der Waals surface area contributed by atoms with Crippen LogP contribution < -0.4 is 0 Å². The minimum Gasteiger partial charge on any atom is -0.365 e. The van der Waals surface area contributed by atoms with Crippen LogP contribution in [0.25, 0.3) is 0 Å². The van der Waals surface area contributed by atoms with E-state index < -0.39 is 0 Å². The van der Waals surface area contributed by atoms with Gasteiger partial charge in [0, 0.05) is 19.8 Å². The van der Waals surface area contributed by atoms with Crippen molar-refractivity contribution in [3.63, 3.8) is 0 Å². The zero-order chi connectivity index (χ0) is 8.81. The summed E-state index contributed by atoms with van der Waals surface area (Å²) in [6.45, 7) is 3.94. The van der Waals surface area contributed by atoms with Crippen molar-refractivity contribution in [1.82, 2.24) is 9.91 Å². The minimum atomic E-state index is 0.866. The quantitative estimate of drug-likeness (QED) is 0.463. The van der Waals surface area contributed by atoms with E-state index in [1.165, 1.54) is 0 Å². The molecule has 0 bridgehead atoms. The molecule has 0 atom stereocenters. The standard InChI is InChI=1S/C9H15N3/c1-3-11(2)9-10-12-7-5-4-6-8-12/h4-7,9H,3,8H2,1-2H3/b10-9-. The Bertz CT molecular complexity index is 206. The molecule has 0 N–H and O–H groups in total. The second-order valence-corrected chi connectivity index (χ2v) is 2.70. The van der Waals surface area contributed by atoms with E-state index in [2.05, 4.69) is 18.1 Å². The molecule has 0 fully saturated rings. The predicted octanol–water partition coefficient (Wildman–Crippen LogP) is 1.27. The van der Waals surface area contributed by atoms with Crippen molar-refractivity contribution < 1.29 is 0 Å². The first-order chi connectivity index (χ1) is 5.83. The van der Waals surface area contributed by atoms with E-state index in [1.54, 1.807) is 0 Å². The van der Waals surface area contributed by atoms with Gasteiger partial charge in [-0.05, 0) is 13.0 Å². The van der Waals surface area contributed by atoms with Crippen LogP contribution in [0.4, 0.5) is 0 Å². The number of hydrazone groups is 1. The second kappa shape index (κ2) is 4.59. The van der Waals surface area contributed by atoms with Gasteiger partial charge in [-0.1, -0.05) is 12.2 Å². The maximum atomic E-state index is 4.25. The van der Waals surface area contributed by atoms with Gasteiger partial charge in [-0.15, -0.1) is 0 Å². The second-order valence-electron chi connectivity index (χ2n) is 2.70. The summed E-state index contributed by atoms with van der Waals surface area (Å²) in [5.41, 5.74) is 0. The van der Waals surface area contributed by atoms with Gasteiger partial charge in [0.25, 0.3) is 0 Å². The van der Waals surface area contributed by atoms with Crippen LogP contribution in [0.2, 0.25) is 0 Å². The molecule has 12 heavy (non-hydrogen) atoms. The highest BCUT2D eigenvalue weighted by molar-refractivity contribution is 5.53. The third kappa shape index (κ3) is 2.78. The molecule has 0 saturated carbocycles. The summed E-state index contributed by atoms with van der Waals surface area (Å²) < 4.78 is 0. The summed E-state index contributed by atoms with van der Waals surface area (Å²) in [4.78, 5) is 2.03. The highest BCUT2D eigenvalue weighted by Crippen LogP contribution is 1.97. The molecule has 0 spiro atoms. The average Bonchev–Trinajstić information content (AvgIpc) is 2.16. The van der Waals surface area contributed by atoms with Crippen molar-refractivity contribution in [2.45, 2.75) is 6.92 Å². The van der Waals surface area contributed by atoms with E-state index in [4.69, 9.17) is 0 Å². The number of allylic oxidation sites excluding steroid dienone is 2. The molecule has 0 saturated heterocycles. The van der Waals surface area contributed by atoms with Crippen molar-refractivity contribution in [2.24, 2.45) is 5.10 Å². The Morgan fingerprint density at radius 1 is 1.58 bits per heavy atom. The summed E-state index contributed by atoms with van der Waals surface area (Å²) in [5, 5.41) is 6.15. The summed E-state index contributed by atoms with van der Waals surface area (Å²) >= 11 is 0. The van der Waals surface area contributed by atoms with Crippen LogP contribution in [-0.2, 0) is 0 Å². The van der Waals surface area contributed by atoms with Crippen molar-refractivity contribution in [2.75, 3.05) is 20.1 Å². The van der Waals surface area contributed by atoms with Gasteiger partial charge in [-0.25, -0.2) is 0 Å². The SMILES string of the molecule is CCN(C)/C=N\N1C=CC=CC1. The molecule has 0 aromatic carbocycles. The summed E-state index contributed by atoms with van der Waals surface area (Å²) in [6.07, 6.45) is 9.87. The van der Waals surface area contributed by atoms with E-state index in [0.717, 1.165) is 13.1 Å². The van der Waals surface area contributed by atoms with E-state index in [1.807, 2.05) is 41.6 Å². The molecule has 0 aliphatic carbocycles. The van der Waals surface area contributed by atoms with Gasteiger partial charge in [0.15, 0.2) is 0 Å². The molecule has 0 radical (unpaired) electrons. The van der Waals surface area contributed by atoms with Crippen LogP contribution in [-0.4, -0.2) is 36.4 Å². The molecule has 0 amide bonds. The fourth-order valence-corrected chi connectivity index (χ4v) is 0.779. The molecule has 0 unspecified atom stereocenters. The average molecular weight is 165 g/mol.